The van der Waals surface area contributed by atoms with E-state index in [1.54, 1.807) is 0 Å². The molecule has 0 amide bonds. The lowest BCUT2D eigenvalue weighted by atomic mass is 9.84. The highest BCUT2D eigenvalue weighted by Crippen LogP contribution is 2.28. The smallest absolute Gasteiger partial charge is 0.0778 e. The largest absolute Gasteiger partial charge is 0.388 e. The predicted molar refractivity (Wildman–Crippen MR) is 65.9 cm³/mol. The van der Waals surface area contributed by atoms with E-state index in [-0.39, 0.29) is 6.10 Å². The van der Waals surface area contributed by atoms with E-state index in [4.69, 9.17) is 0 Å². The molecule has 0 aromatic heterocycles. The third-order valence-corrected chi connectivity index (χ3v) is 3.47. The number of hydrogen-bond donors (Lipinski definition) is 1. The fourth-order valence-corrected chi connectivity index (χ4v) is 2.64. The Morgan fingerprint density at radius 1 is 1.20 bits per heavy atom. The van der Waals surface area contributed by atoms with Gasteiger partial charge in [-0.25, -0.2) is 0 Å². The van der Waals surface area contributed by atoms with Crippen LogP contribution in [0, 0.1) is 5.92 Å². The van der Waals surface area contributed by atoms with Gasteiger partial charge in [0.2, 0.25) is 0 Å². The van der Waals surface area contributed by atoms with Gasteiger partial charge in [0.05, 0.1) is 6.10 Å². The lowest BCUT2D eigenvalue weighted by Crippen LogP contribution is -2.23. The quantitative estimate of drug-likeness (QED) is 0.655. The maximum atomic E-state index is 10.3. The molecule has 1 rings (SSSR count). The molecular weight excluding hydrogens is 184 g/mol. The van der Waals surface area contributed by atoms with Gasteiger partial charge in [-0.2, -0.15) is 0 Å². The van der Waals surface area contributed by atoms with Gasteiger partial charge in [-0.15, -0.1) is 0 Å². The first-order valence-corrected chi connectivity index (χ1v) is 6.66. The van der Waals surface area contributed by atoms with Crippen molar-refractivity contribution in [1.29, 1.82) is 0 Å². The third-order valence-electron chi connectivity index (χ3n) is 3.47. The second-order valence-electron chi connectivity index (χ2n) is 4.81. The summed E-state index contributed by atoms with van der Waals surface area (Å²) in [4.78, 5) is 0. The molecule has 1 nitrogen and oxygen atoms in total. The highest BCUT2D eigenvalue weighted by Gasteiger charge is 2.21. The molecule has 1 unspecified atom stereocenters. The monoisotopic (exact) mass is 210 g/mol. The van der Waals surface area contributed by atoms with Crippen LogP contribution < -0.4 is 0 Å². The maximum Gasteiger partial charge on any atom is 0.0778 e. The first kappa shape index (κ1) is 12.8. The Morgan fingerprint density at radius 3 is 2.33 bits per heavy atom. The van der Waals surface area contributed by atoms with Gasteiger partial charge >= 0.3 is 0 Å². The second kappa shape index (κ2) is 7.05. The van der Waals surface area contributed by atoms with Gasteiger partial charge in [0.15, 0.2) is 0 Å². The third kappa shape index (κ3) is 3.98. The van der Waals surface area contributed by atoms with Gasteiger partial charge in [-0.3, -0.25) is 0 Å². The van der Waals surface area contributed by atoms with Crippen LogP contribution in [0.3, 0.4) is 0 Å². The van der Waals surface area contributed by atoms with Crippen molar-refractivity contribution in [2.45, 2.75) is 71.3 Å². The van der Waals surface area contributed by atoms with E-state index in [1.807, 2.05) is 0 Å². The van der Waals surface area contributed by atoms with Gasteiger partial charge in [-0.05, 0) is 50.0 Å². The van der Waals surface area contributed by atoms with Crippen molar-refractivity contribution in [1.82, 2.24) is 0 Å². The fourth-order valence-electron chi connectivity index (χ4n) is 2.64. The van der Waals surface area contributed by atoms with E-state index < -0.39 is 0 Å². The molecule has 0 bridgehead atoms. The zero-order valence-electron chi connectivity index (χ0n) is 10.3. The number of aliphatic hydroxyl groups excluding tert-OH is 1. The summed E-state index contributed by atoms with van der Waals surface area (Å²) in [6, 6.07) is 0. The first-order valence-electron chi connectivity index (χ1n) is 6.66. The average Bonchev–Trinajstić information content (AvgIpc) is 2.29. The van der Waals surface area contributed by atoms with E-state index in [0.717, 1.165) is 6.42 Å². The summed E-state index contributed by atoms with van der Waals surface area (Å²) in [7, 11) is 0. The van der Waals surface area contributed by atoms with Crippen molar-refractivity contribution in [3.05, 3.63) is 11.6 Å². The van der Waals surface area contributed by atoms with E-state index in [9.17, 15) is 5.11 Å². The zero-order chi connectivity index (χ0) is 11.1. The summed E-state index contributed by atoms with van der Waals surface area (Å²) < 4.78 is 0. The molecule has 0 fully saturated rings. The molecular formula is C14H26O. The van der Waals surface area contributed by atoms with Gasteiger partial charge in [0.25, 0.3) is 0 Å². The highest BCUT2D eigenvalue weighted by atomic mass is 16.3. The molecule has 88 valence electrons. The Hall–Kier alpha value is -0.300. The summed E-state index contributed by atoms with van der Waals surface area (Å²) in [5.41, 5.74) is 1.33. The van der Waals surface area contributed by atoms with Crippen molar-refractivity contribution in [3.8, 4) is 0 Å². The van der Waals surface area contributed by atoms with Gasteiger partial charge in [0.1, 0.15) is 0 Å². The number of hydrogen-bond acceptors (Lipinski definition) is 1. The summed E-state index contributed by atoms with van der Waals surface area (Å²) in [6.45, 7) is 4.43. The molecule has 1 N–H and O–H groups in total. The molecule has 1 aliphatic rings. The number of aliphatic hydroxyl groups is 1. The van der Waals surface area contributed by atoms with Crippen molar-refractivity contribution < 1.29 is 5.11 Å². The Morgan fingerprint density at radius 2 is 1.87 bits per heavy atom. The van der Waals surface area contributed by atoms with Crippen LogP contribution in [0.2, 0.25) is 0 Å². The SMILES string of the molecule is CCCC(CCC)C(O)C1=CCCCC1. The summed E-state index contributed by atoms with van der Waals surface area (Å²) >= 11 is 0. The number of rotatable bonds is 6. The second-order valence-corrected chi connectivity index (χ2v) is 4.81. The fraction of sp³-hybridized carbons (Fsp3) is 0.857. The van der Waals surface area contributed by atoms with Crippen molar-refractivity contribution >= 4 is 0 Å². The van der Waals surface area contributed by atoms with Crippen molar-refractivity contribution in [2.75, 3.05) is 0 Å². The lowest BCUT2D eigenvalue weighted by molar-refractivity contribution is 0.123. The van der Waals surface area contributed by atoms with E-state index in [2.05, 4.69) is 19.9 Å². The topological polar surface area (TPSA) is 20.2 Å². The van der Waals surface area contributed by atoms with E-state index in [0.29, 0.717) is 5.92 Å². The van der Waals surface area contributed by atoms with Crippen molar-refractivity contribution in [2.24, 2.45) is 5.92 Å². The minimum atomic E-state index is -0.148. The normalized spacial score (nSPS) is 19.1. The van der Waals surface area contributed by atoms with Crippen LogP contribution in [0.1, 0.15) is 65.2 Å². The van der Waals surface area contributed by atoms with Crippen LogP contribution >= 0.6 is 0 Å². The van der Waals surface area contributed by atoms with E-state index in [1.165, 1.54) is 50.5 Å². The van der Waals surface area contributed by atoms with Gasteiger partial charge < -0.3 is 5.11 Å². The standard InChI is InChI=1S/C14H26O/c1-3-8-12(9-4-2)14(15)13-10-6-5-7-11-13/h10,12,14-15H,3-9,11H2,1-2H3. The van der Waals surface area contributed by atoms with Crippen LogP contribution in [0.5, 0.6) is 0 Å². The van der Waals surface area contributed by atoms with Gasteiger partial charge in [-0.1, -0.05) is 32.8 Å². The number of allylic oxidation sites excluding steroid dienone is 1. The Labute approximate surface area is 94.6 Å². The molecule has 0 aromatic rings. The predicted octanol–water partition coefficient (Wildman–Crippen LogP) is 4.06. The van der Waals surface area contributed by atoms with Crippen LogP contribution in [0.4, 0.5) is 0 Å². The molecule has 1 heteroatoms. The molecule has 1 atom stereocenters. The lowest BCUT2D eigenvalue weighted by Gasteiger charge is -2.26. The average molecular weight is 210 g/mol. The van der Waals surface area contributed by atoms with Crippen LogP contribution in [-0.2, 0) is 0 Å². The van der Waals surface area contributed by atoms with Crippen LogP contribution in [-0.4, -0.2) is 11.2 Å². The molecule has 0 aliphatic heterocycles. The van der Waals surface area contributed by atoms with Crippen molar-refractivity contribution in [3.63, 3.8) is 0 Å². The minimum Gasteiger partial charge on any atom is -0.388 e. The Kier molecular flexibility index (Phi) is 6.00. The molecule has 1 aliphatic carbocycles. The molecule has 0 spiro atoms. The molecule has 0 heterocycles. The molecule has 0 saturated heterocycles. The summed E-state index contributed by atoms with van der Waals surface area (Å²) in [5, 5.41) is 10.3. The Bertz CT molecular complexity index is 190. The molecule has 15 heavy (non-hydrogen) atoms. The first-order chi connectivity index (χ1) is 7.29. The minimum absolute atomic E-state index is 0.148. The molecule has 0 saturated carbocycles. The highest BCUT2D eigenvalue weighted by molar-refractivity contribution is 5.11. The maximum absolute atomic E-state index is 10.3. The van der Waals surface area contributed by atoms with Crippen LogP contribution in [0.25, 0.3) is 0 Å². The summed E-state index contributed by atoms with van der Waals surface area (Å²) in [5.74, 6) is 0.504. The molecule has 0 aromatic carbocycles. The zero-order valence-corrected chi connectivity index (χ0v) is 10.3. The summed E-state index contributed by atoms with van der Waals surface area (Å²) in [6.07, 6.45) is 11.7. The van der Waals surface area contributed by atoms with Crippen LogP contribution in [0.15, 0.2) is 11.6 Å². The molecule has 0 radical (unpaired) electrons. The Balaban J connectivity index is 2.52. The van der Waals surface area contributed by atoms with Gasteiger partial charge in [0, 0.05) is 0 Å². The van der Waals surface area contributed by atoms with E-state index >= 15 is 0 Å².